The zero-order chi connectivity index (χ0) is 12.3. The van der Waals surface area contributed by atoms with Gasteiger partial charge in [-0.1, -0.05) is 6.07 Å². The molecule has 0 bridgehead atoms. The summed E-state index contributed by atoms with van der Waals surface area (Å²) in [5.41, 5.74) is 0. The van der Waals surface area contributed by atoms with E-state index in [1.165, 1.54) is 16.5 Å². The van der Waals surface area contributed by atoms with E-state index in [9.17, 15) is 13.2 Å². The lowest BCUT2D eigenvalue weighted by Crippen LogP contribution is -2.47. The second-order valence-electron chi connectivity index (χ2n) is 3.32. The Labute approximate surface area is 103 Å². The average Bonchev–Trinajstić information content (AvgIpc) is 2.84. The molecule has 1 fully saturated rings. The molecule has 1 aliphatic rings. The van der Waals surface area contributed by atoms with E-state index in [0.29, 0.717) is 6.61 Å². The van der Waals surface area contributed by atoms with Crippen molar-refractivity contribution in [1.82, 2.24) is 4.31 Å². The number of sulfonamides is 1. The maximum Gasteiger partial charge on any atom is 0.254 e. The smallest absolute Gasteiger partial charge is 0.254 e. The molecule has 1 atom stereocenters. The van der Waals surface area contributed by atoms with E-state index in [0.717, 1.165) is 11.3 Å². The van der Waals surface area contributed by atoms with Gasteiger partial charge in [-0.15, -0.1) is 11.3 Å². The number of isocyanates is 1. The predicted molar refractivity (Wildman–Crippen MR) is 60.9 cm³/mol. The Morgan fingerprint density at radius 2 is 2.41 bits per heavy atom. The van der Waals surface area contributed by atoms with E-state index in [4.69, 9.17) is 4.74 Å². The number of hydrogen-bond donors (Lipinski definition) is 0. The minimum absolute atomic E-state index is 0.0832. The molecule has 92 valence electrons. The zero-order valence-corrected chi connectivity index (χ0v) is 10.4. The van der Waals surface area contributed by atoms with Gasteiger partial charge < -0.3 is 4.74 Å². The molecule has 0 N–H and O–H groups in total. The lowest BCUT2D eigenvalue weighted by atomic mass is 10.4. The Kier molecular flexibility index (Phi) is 3.70. The van der Waals surface area contributed by atoms with Gasteiger partial charge >= 0.3 is 0 Å². The van der Waals surface area contributed by atoms with Gasteiger partial charge in [-0.3, -0.25) is 0 Å². The molecule has 1 aliphatic heterocycles. The first-order valence-electron chi connectivity index (χ1n) is 4.86. The number of rotatable bonds is 3. The molecule has 2 rings (SSSR count). The van der Waals surface area contributed by atoms with Crippen LogP contribution in [0.25, 0.3) is 0 Å². The number of aliphatic imine (C=N–C) groups is 1. The van der Waals surface area contributed by atoms with Crippen LogP contribution in [0.5, 0.6) is 0 Å². The molecule has 0 spiro atoms. The molecular weight excluding hydrogens is 264 g/mol. The van der Waals surface area contributed by atoms with Crippen molar-refractivity contribution in [2.24, 2.45) is 4.99 Å². The van der Waals surface area contributed by atoms with Gasteiger partial charge in [0, 0.05) is 6.54 Å². The first kappa shape index (κ1) is 12.4. The van der Waals surface area contributed by atoms with Crippen LogP contribution in [0.2, 0.25) is 0 Å². The predicted octanol–water partition coefficient (Wildman–Crippen LogP) is 0.431. The fourth-order valence-electron chi connectivity index (χ4n) is 1.54. The summed E-state index contributed by atoms with van der Waals surface area (Å²) >= 11 is 1.13. The third-order valence-electron chi connectivity index (χ3n) is 2.32. The maximum absolute atomic E-state index is 12.2. The van der Waals surface area contributed by atoms with Crippen molar-refractivity contribution in [3.63, 3.8) is 0 Å². The molecule has 2 heterocycles. The van der Waals surface area contributed by atoms with Crippen molar-refractivity contribution >= 4 is 27.4 Å². The zero-order valence-electron chi connectivity index (χ0n) is 8.77. The summed E-state index contributed by atoms with van der Waals surface area (Å²) in [5.74, 6) is 0. The number of morpholine rings is 1. The summed E-state index contributed by atoms with van der Waals surface area (Å²) in [7, 11) is -3.59. The summed E-state index contributed by atoms with van der Waals surface area (Å²) < 4.78 is 31.0. The Morgan fingerprint density at radius 3 is 3.06 bits per heavy atom. The molecule has 0 aliphatic carbocycles. The van der Waals surface area contributed by atoms with Gasteiger partial charge in [-0.25, -0.2) is 13.2 Å². The highest BCUT2D eigenvalue weighted by Gasteiger charge is 2.34. The summed E-state index contributed by atoms with van der Waals surface area (Å²) in [6.45, 7) is 0.575. The normalized spacial score (nSPS) is 22.0. The first-order valence-corrected chi connectivity index (χ1v) is 7.18. The molecule has 1 aromatic rings. The minimum Gasteiger partial charge on any atom is -0.376 e. The fraction of sp³-hybridized carbons (Fsp3) is 0.444. The van der Waals surface area contributed by atoms with Crippen LogP contribution in [0.1, 0.15) is 0 Å². The van der Waals surface area contributed by atoms with Crippen molar-refractivity contribution in [1.29, 1.82) is 0 Å². The molecule has 0 radical (unpaired) electrons. The van der Waals surface area contributed by atoms with Gasteiger partial charge in [0.15, 0.2) is 6.17 Å². The Hall–Kier alpha value is -1.05. The maximum atomic E-state index is 12.2. The highest BCUT2D eigenvalue weighted by atomic mass is 32.2. The highest BCUT2D eigenvalue weighted by molar-refractivity contribution is 7.91. The molecule has 6 nitrogen and oxygen atoms in total. The van der Waals surface area contributed by atoms with Crippen LogP contribution >= 0.6 is 11.3 Å². The van der Waals surface area contributed by atoms with E-state index in [1.54, 1.807) is 11.4 Å². The van der Waals surface area contributed by atoms with Crippen molar-refractivity contribution in [3.8, 4) is 0 Å². The quantitative estimate of drug-likeness (QED) is 0.591. The van der Waals surface area contributed by atoms with Crippen LogP contribution in [-0.2, 0) is 19.6 Å². The van der Waals surface area contributed by atoms with Crippen LogP contribution < -0.4 is 0 Å². The summed E-state index contributed by atoms with van der Waals surface area (Å²) in [6, 6.07) is 3.19. The van der Waals surface area contributed by atoms with Gasteiger partial charge in [0.2, 0.25) is 6.08 Å². The lowest BCUT2D eigenvalue weighted by molar-refractivity contribution is 0.0360. The van der Waals surface area contributed by atoms with E-state index >= 15 is 0 Å². The molecular formula is C9H10N2O4S2. The van der Waals surface area contributed by atoms with Crippen LogP contribution in [0, 0.1) is 0 Å². The largest absolute Gasteiger partial charge is 0.376 e. The Balaban J connectivity index is 2.34. The van der Waals surface area contributed by atoms with Crippen molar-refractivity contribution in [2.75, 3.05) is 19.8 Å². The molecule has 1 unspecified atom stereocenters. The van der Waals surface area contributed by atoms with E-state index in [2.05, 4.69) is 4.99 Å². The standard InChI is InChI=1S/C9H10N2O4S2/c12-7-10-8-6-15-4-3-11(8)17(13,14)9-2-1-5-16-9/h1-2,5,8H,3-4,6H2. The first-order chi connectivity index (χ1) is 8.16. The summed E-state index contributed by atoms with van der Waals surface area (Å²) in [4.78, 5) is 13.7. The second-order valence-corrected chi connectivity index (χ2v) is 6.39. The van der Waals surface area contributed by atoms with Gasteiger partial charge in [0.25, 0.3) is 10.0 Å². The van der Waals surface area contributed by atoms with Gasteiger partial charge in [0.1, 0.15) is 4.21 Å². The highest BCUT2D eigenvalue weighted by Crippen LogP contribution is 2.24. The van der Waals surface area contributed by atoms with Crippen LogP contribution in [0.3, 0.4) is 0 Å². The van der Waals surface area contributed by atoms with Crippen LogP contribution in [0.15, 0.2) is 26.7 Å². The lowest BCUT2D eigenvalue weighted by Gasteiger charge is -2.30. The second kappa shape index (κ2) is 5.07. The molecule has 8 heteroatoms. The molecule has 0 aromatic carbocycles. The topological polar surface area (TPSA) is 76.0 Å². The summed E-state index contributed by atoms with van der Waals surface area (Å²) in [5, 5.41) is 1.69. The van der Waals surface area contributed by atoms with Crippen molar-refractivity contribution in [3.05, 3.63) is 17.5 Å². The Morgan fingerprint density at radius 1 is 1.59 bits per heavy atom. The van der Waals surface area contributed by atoms with E-state index < -0.39 is 16.2 Å². The number of ether oxygens (including phenoxy) is 1. The molecule has 17 heavy (non-hydrogen) atoms. The van der Waals surface area contributed by atoms with Gasteiger partial charge in [0.05, 0.1) is 13.2 Å². The van der Waals surface area contributed by atoms with E-state index in [1.807, 2.05) is 0 Å². The molecule has 1 aromatic heterocycles. The SMILES string of the molecule is O=C=NC1COCCN1S(=O)(=O)c1cccs1. The van der Waals surface area contributed by atoms with Crippen LogP contribution in [0.4, 0.5) is 0 Å². The number of carbonyl (C=O) groups excluding carboxylic acids is 1. The third kappa shape index (κ3) is 2.46. The minimum atomic E-state index is -3.59. The fourth-order valence-corrected chi connectivity index (χ4v) is 4.16. The third-order valence-corrected chi connectivity index (χ3v) is 5.59. The van der Waals surface area contributed by atoms with Crippen molar-refractivity contribution < 1.29 is 17.9 Å². The Bertz CT molecular complexity index is 519. The molecule has 0 amide bonds. The van der Waals surface area contributed by atoms with Crippen molar-refractivity contribution in [2.45, 2.75) is 10.4 Å². The van der Waals surface area contributed by atoms with Gasteiger partial charge in [-0.2, -0.15) is 9.30 Å². The number of nitrogens with zero attached hydrogens (tertiary/aromatic N) is 2. The molecule has 1 saturated heterocycles. The molecule has 0 saturated carbocycles. The van der Waals surface area contributed by atoms with Crippen LogP contribution in [-0.4, -0.2) is 44.7 Å². The van der Waals surface area contributed by atoms with Gasteiger partial charge in [-0.05, 0) is 11.4 Å². The van der Waals surface area contributed by atoms with E-state index in [-0.39, 0.29) is 17.4 Å². The average molecular weight is 274 g/mol. The monoisotopic (exact) mass is 274 g/mol. The summed E-state index contributed by atoms with van der Waals surface area (Å²) in [6.07, 6.45) is 0.565. The number of hydrogen-bond acceptors (Lipinski definition) is 6. The number of thiophene rings is 1.